The van der Waals surface area contributed by atoms with Gasteiger partial charge in [0.2, 0.25) is 0 Å². The number of hydrogen-bond acceptors (Lipinski definition) is 4. The van der Waals surface area contributed by atoms with Crippen molar-refractivity contribution >= 4 is 5.91 Å². The fourth-order valence-corrected chi connectivity index (χ4v) is 2.91. The van der Waals surface area contributed by atoms with Crippen LogP contribution in [0.1, 0.15) is 27.3 Å². The predicted octanol–water partition coefficient (Wildman–Crippen LogP) is 2.87. The largest absolute Gasteiger partial charge is 0.497 e. The quantitative estimate of drug-likeness (QED) is 0.742. The van der Waals surface area contributed by atoms with Crippen molar-refractivity contribution in [3.8, 4) is 11.6 Å². The van der Waals surface area contributed by atoms with Gasteiger partial charge in [0.25, 0.3) is 5.91 Å². The van der Waals surface area contributed by atoms with Gasteiger partial charge < -0.3 is 10.1 Å². The average Bonchev–Trinajstić information content (AvgIpc) is 2.96. The van der Waals surface area contributed by atoms with E-state index in [0.717, 1.165) is 22.8 Å². The van der Waals surface area contributed by atoms with E-state index in [-0.39, 0.29) is 5.91 Å². The van der Waals surface area contributed by atoms with E-state index in [1.807, 2.05) is 42.8 Å². The molecule has 0 atom stereocenters. The summed E-state index contributed by atoms with van der Waals surface area (Å²) < 4.78 is 7.00. The molecule has 0 fully saturated rings. The maximum absolute atomic E-state index is 12.3. The predicted molar refractivity (Wildman–Crippen MR) is 99.9 cm³/mol. The summed E-state index contributed by atoms with van der Waals surface area (Å²) in [6, 6.07) is 12.9. The fraction of sp³-hybridized carbons (Fsp3) is 0.250. The van der Waals surface area contributed by atoms with Crippen LogP contribution in [0.5, 0.6) is 5.75 Å². The number of pyridine rings is 1. The molecule has 2 aromatic heterocycles. The Morgan fingerprint density at radius 3 is 2.77 bits per heavy atom. The minimum atomic E-state index is -0.115. The van der Waals surface area contributed by atoms with E-state index in [1.165, 1.54) is 0 Å². The Morgan fingerprint density at radius 1 is 1.19 bits per heavy atom. The third-order valence-electron chi connectivity index (χ3n) is 4.30. The number of aromatic nitrogens is 3. The Labute approximate surface area is 152 Å². The summed E-state index contributed by atoms with van der Waals surface area (Å²) in [6.07, 6.45) is 2.46. The highest BCUT2D eigenvalue weighted by Crippen LogP contribution is 2.17. The van der Waals surface area contributed by atoms with Gasteiger partial charge in [-0.25, -0.2) is 9.67 Å². The van der Waals surface area contributed by atoms with Crippen LogP contribution < -0.4 is 10.1 Å². The van der Waals surface area contributed by atoms with Crippen LogP contribution >= 0.6 is 0 Å². The zero-order valence-electron chi connectivity index (χ0n) is 15.2. The second-order valence-corrected chi connectivity index (χ2v) is 5.99. The number of benzene rings is 1. The third-order valence-corrected chi connectivity index (χ3v) is 4.30. The molecular weight excluding hydrogens is 328 g/mol. The highest BCUT2D eigenvalue weighted by Gasteiger charge is 2.14. The number of nitrogens with one attached hydrogen (secondary N) is 1. The molecule has 0 aliphatic heterocycles. The van der Waals surface area contributed by atoms with Crippen LogP contribution in [0.15, 0.2) is 48.7 Å². The lowest BCUT2D eigenvalue weighted by Gasteiger charge is -2.07. The van der Waals surface area contributed by atoms with Crippen molar-refractivity contribution in [2.75, 3.05) is 13.7 Å². The first kappa shape index (κ1) is 17.7. The molecule has 2 heterocycles. The Balaban J connectivity index is 1.67. The Bertz CT molecular complexity index is 903. The molecular formula is C20H22N4O2. The van der Waals surface area contributed by atoms with Gasteiger partial charge in [-0.3, -0.25) is 4.79 Å². The smallest absolute Gasteiger partial charge is 0.251 e. The highest BCUT2D eigenvalue weighted by molar-refractivity contribution is 5.94. The molecule has 0 aliphatic rings. The van der Waals surface area contributed by atoms with E-state index in [1.54, 1.807) is 31.5 Å². The van der Waals surface area contributed by atoms with Gasteiger partial charge >= 0.3 is 0 Å². The van der Waals surface area contributed by atoms with E-state index in [0.29, 0.717) is 24.3 Å². The van der Waals surface area contributed by atoms with Gasteiger partial charge in [0.15, 0.2) is 5.82 Å². The Hall–Kier alpha value is -3.15. The molecule has 1 N–H and O–H groups in total. The highest BCUT2D eigenvalue weighted by atomic mass is 16.5. The zero-order valence-corrected chi connectivity index (χ0v) is 15.2. The molecule has 0 bridgehead atoms. The standard InChI is InChI=1S/C20H22N4O2/c1-14-18(15(2)24(23-14)19-9-4-5-11-21-19)10-12-22-20(25)16-7-6-8-17(13-16)26-3/h4-9,11,13H,10,12H2,1-3H3,(H,22,25). The van der Waals surface area contributed by atoms with Crippen molar-refractivity contribution in [2.45, 2.75) is 20.3 Å². The first-order valence-electron chi connectivity index (χ1n) is 8.49. The van der Waals surface area contributed by atoms with E-state index >= 15 is 0 Å². The molecule has 3 rings (SSSR count). The maximum Gasteiger partial charge on any atom is 0.251 e. The van der Waals surface area contributed by atoms with Crippen molar-refractivity contribution in [1.29, 1.82) is 0 Å². The number of hydrogen-bond donors (Lipinski definition) is 1. The number of nitrogens with zero attached hydrogens (tertiary/aromatic N) is 3. The summed E-state index contributed by atoms with van der Waals surface area (Å²) >= 11 is 0. The second kappa shape index (κ2) is 7.82. The molecule has 6 nitrogen and oxygen atoms in total. The van der Waals surface area contributed by atoms with Crippen LogP contribution in [0.4, 0.5) is 0 Å². The van der Waals surface area contributed by atoms with Crippen molar-refractivity contribution in [3.63, 3.8) is 0 Å². The summed E-state index contributed by atoms with van der Waals surface area (Å²) in [4.78, 5) is 16.6. The number of carbonyl (C=O) groups is 1. The lowest BCUT2D eigenvalue weighted by atomic mass is 10.1. The van der Waals surface area contributed by atoms with Crippen LogP contribution in [0.2, 0.25) is 0 Å². The van der Waals surface area contributed by atoms with Gasteiger partial charge in [-0.05, 0) is 56.2 Å². The summed E-state index contributed by atoms with van der Waals surface area (Å²) in [6.45, 7) is 4.53. The first-order chi connectivity index (χ1) is 12.6. The number of rotatable bonds is 6. The van der Waals surface area contributed by atoms with E-state index < -0.39 is 0 Å². The lowest BCUT2D eigenvalue weighted by molar-refractivity contribution is 0.0953. The Morgan fingerprint density at radius 2 is 2.04 bits per heavy atom. The number of carbonyl (C=O) groups excluding carboxylic acids is 1. The molecule has 0 aliphatic carbocycles. The lowest BCUT2D eigenvalue weighted by Crippen LogP contribution is -2.25. The van der Waals surface area contributed by atoms with Gasteiger partial charge in [0.05, 0.1) is 12.8 Å². The normalized spacial score (nSPS) is 10.6. The van der Waals surface area contributed by atoms with Gasteiger partial charge in [-0.2, -0.15) is 5.10 Å². The van der Waals surface area contributed by atoms with E-state index in [2.05, 4.69) is 15.4 Å². The molecule has 6 heteroatoms. The molecule has 26 heavy (non-hydrogen) atoms. The number of aryl methyl sites for hydroxylation is 1. The third kappa shape index (κ3) is 3.74. The van der Waals surface area contributed by atoms with Gasteiger partial charge in [-0.1, -0.05) is 12.1 Å². The number of methoxy groups -OCH3 is 1. The van der Waals surface area contributed by atoms with Gasteiger partial charge in [0.1, 0.15) is 5.75 Å². The number of amides is 1. The van der Waals surface area contributed by atoms with Crippen LogP contribution in [0.3, 0.4) is 0 Å². The van der Waals surface area contributed by atoms with Crippen molar-refractivity contribution < 1.29 is 9.53 Å². The topological polar surface area (TPSA) is 69.0 Å². The SMILES string of the molecule is COc1cccc(C(=O)NCCc2c(C)nn(-c3ccccn3)c2C)c1. The Kier molecular flexibility index (Phi) is 5.31. The fourth-order valence-electron chi connectivity index (χ4n) is 2.91. The molecule has 1 amide bonds. The van der Waals surface area contributed by atoms with Gasteiger partial charge in [0, 0.05) is 24.0 Å². The molecule has 0 unspecified atom stereocenters. The summed E-state index contributed by atoms with van der Waals surface area (Å²) in [5.41, 5.74) is 3.70. The monoisotopic (exact) mass is 350 g/mol. The second-order valence-electron chi connectivity index (χ2n) is 5.99. The van der Waals surface area contributed by atoms with Crippen LogP contribution in [-0.2, 0) is 6.42 Å². The van der Waals surface area contributed by atoms with E-state index in [4.69, 9.17) is 4.74 Å². The molecule has 0 radical (unpaired) electrons. The van der Waals surface area contributed by atoms with Crippen molar-refractivity contribution in [3.05, 3.63) is 71.2 Å². The molecule has 0 spiro atoms. The first-order valence-corrected chi connectivity index (χ1v) is 8.49. The maximum atomic E-state index is 12.3. The number of ether oxygens (including phenoxy) is 1. The van der Waals surface area contributed by atoms with Crippen molar-refractivity contribution in [1.82, 2.24) is 20.1 Å². The van der Waals surface area contributed by atoms with Crippen molar-refractivity contribution in [2.24, 2.45) is 0 Å². The van der Waals surface area contributed by atoms with Crippen LogP contribution in [-0.4, -0.2) is 34.3 Å². The molecule has 134 valence electrons. The minimum Gasteiger partial charge on any atom is -0.497 e. The van der Waals surface area contributed by atoms with Crippen LogP contribution in [0.25, 0.3) is 5.82 Å². The average molecular weight is 350 g/mol. The minimum absolute atomic E-state index is 0.115. The molecule has 1 aromatic carbocycles. The molecule has 0 saturated carbocycles. The van der Waals surface area contributed by atoms with Gasteiger partial charge in [-0.15, -0.1) is 0 Å². The molecule has 3 aromatic rings. The van der Waals surface area contributed by atoms with Crippen LogP contribution in [0, 0.1) is 13.8 Å². The zero-order chi connectivity index (χ0) is 18.5. The molecule has 0 saturated heterocycles. The summed E-state index contributed by atoms with van der Waals surface area (Å²) in [7, 11) is 1.59. The summed E-state index contributed by atoms with van der Waals surface area (Å²) in [5, 5.41) is 7.54. The summed E-state index contributed by atoms with van der Waals surface area (Å²) in [5.74, 6) is 1.34. The van der Waals surface area contributed by atoms with E-state index in [9.17, 15) is 4.79 Å².